The SMILES string of the molecule is COc1cccc(/C(N)=N/C(N)=NC(=O)C(C)(C)SC2CCOCC2)c1.O.O.[HH].[HH]. The van der Waals surface area contributed by atoms with Gasteiger partial charge in [-0.1, -0.05) is 12.1 Å². The number of hydrogen-bond donors (Lipinski definition) is 2. The Hall–Kier alpha value is -2.14. The summed E-state index contributed by atoms with van der Waals surface area (Å²) in [5.74, 6) is 0.346. The predicted molar refractivity (Wildman–Crippen MR) is 117 cm³/mol. The predicted octanol–water partition coefficient (Wildman–Crippen LogP) is 0.775. The van der Waals surface area contributed by atoms with E-state index >= 15 is 0 Å². The third-order valence-electron chi connectivity index (χ3n) is 3.96. The summed E-state index contributed by atoms with van der Waals surface area (Å²) in [5.41, 5.74) is 12.4. The van der Waals surface area contributed by atoms with E-state index in [4.69, 9.17) is 20.9 Å². The average Bonchev–Trinajstić information content (AvgIpc) is 2.62. The van der Waals surface area contributed by atoms with Crippen molar-refractivity contribution >= 4 is 29.5 Å². The number of nitrogens with two attached hydrogens (primary N) is 2. The van der Waals surface area contributed by atoms with Gasteiger partial charge in [0.25, 0.3) is 5.91 Å². The number of amides is 1. The monoisotopic (exact) mass is 418 g/mol. The van der Waals surface area contributed by atoms with E-state index in [0.717, 1.165) is 26.1 Å². The smallest absolute Gasteiger partial charge is 0.264 e. The van der Waals surface area contributed by atoms with Crippen LogP contribution in [0.25, 0.3) is 0 Å². The van der Waals surface area contributed by atoms with Gasteiger partial charge in [-0.15, -0.1) is 11.8 Å². The normalized spacial score (nSPS) is 16.0. The van der Waals surface area contributed by atoms with Crippen molar-refractivity contribution < 1.29 is 28.1 Å². The fourth-order valence-corrected chi connectivity index (χ4v) is 3.90. The molecule has 1 saturated heterocycles. The zero-order valence-electron chi connectivity index (χ0n) is 16.4. The van der Waals surface area contributed by atoms with E-state index in [0.29, 0.717) is 16.6 Å². The van der Waals surface area contributed by atoms with Gasteiger partial charge in [0.05, 0.1) is 11.9 Å². The highest BCUT2D eigenvalue weighted by Crippen LogP contribution is 2.34. The van der Waals surface area contributed by atoms with E-state index in [2.05, 4.69) is 9.98 Å². The van der Waals surface area contributed by atoms with Crippen molar-refractivity contribution in [2.75, 3.05) is 20.3 Å². The summed E-state index contributed by atoms with van der Waals surface area (Å²) in [6, 6.07) is 7.11. The number of thioether (sulfide) groups is 1. The fraction of sp³-hybridized carbons (Fsp3) is 0.500. The first-order chi connectivity index (χ1) is 12.3. The van der Waals surface area contributed by atoms with Crippen LogP contribution in [0.15, 0.2) is 34.3 Å². The summed E-state index contributed by atoms with van der Waals surface area (Å²) in [4.78, 5) is 20.5. The fourth-order valence-electron chi connectivity index (χ4n) is 2.49. The van der Waals surface area contributed by atoms with E-state index in [1.807, 2.05) is 13.8 Å². The first-order valence-electron chi connectivity index (χ1n) is 8.44. The molecule has 0 radical (unpaired) electrons. The number of methoxy groups -OCH3 is 1. The van der Waals surface area contributed by atoms with Crippen molar-refractivity contribution in [3.05, 3.63) is 29.8 Å². The number of rotatable bonds is 5. The maximum Gasteiger partial charge on any atom is 0.264 e. The molecule has 28 heavy (non-hydrogen) atoms. The maximum atomic E-state index is 12.5. The molecule has 1 aliphatic heterocycles. The quantitative estimate of drug-likeness (QED) is 0.527. The number of carbonyl (C=O) groups excluding carboxylic acids is 1. The molecule has 0 aromatic heterocycles. The minimum absolute atomic E-state index is 0. The molecule has 1 aromatic rings. The minimum Gasteiger partial charge on any atom is -0.497 e. The van der Waals surface area contributed by atoms with Gasteiger partial charge < -0.3 is 31.9 Å². The molecule has 9 nitrogen and oxygen atoms in total. The standard InChI is InChI=1S/C18H26N4O3S.2H2O.2H2/c1-18(2,26-14-7-9-25-10-8-14)16(23)22-17(20)21-15(19)12-5-4-6-13(11-12)24-3;;;;/h4-6,11,14H,7-10H2,1-3H3,(H4,19,20,21,22,23);2*1H2;2*1H. The van der Waals surface area contributed by atoms with Crippen molar-refractivity contribution in [2.45, 2.75) is 36.7 Å². The second-order valence-electron chi connectivity index (χ2n) is 6.44. The summed E-state index contributed by atoms with van der Waals surface area (Å²) in [5, 5.41) is 0.379. The lowest BCUT2D eigenvalue weighted by molar-refractivity contribution is -0.119. The molecule has 0 spiro atoms. The number of carbonyl (C=O) groups is 1. The van der Waals surface area contributed by atoms with Gasteiger partial charge in [-0.2, -0.15) is 9.98 Å². The van der Waals surface area contributed by atoms with Crippen LogP contribution in [0.2, 0.25) is 0 Å². The van der Waals surface area contributed by atoms with Gasteiger partial charge in [-0.05, 0) is 38.8 Å². The van der Waals surface area contributed by atoms with Gasteiger partial charge in [-0.3, -0.25) is 4.79 Å². The molecule has 8 N–H and O–H groups in total. The molecule has 0 aliphatic carbocycles. The zero-order valence-corrected chi connectivity index (χ0v) is 17.2. The van der Waals surface area contributed by atoms with Crippen molar-refractivity contribution in [3.63, 3.8) is 0 Å². The van der Waals surface area contributed by atoms with Gasteiger partial charge in [0.15, 0.2) is 0 Å². The van der Waals surface area contributed by atoms with Crippen molar-refractivity contribution in [2.24, 2.45) is 21.5 Å². The van der Waals surface area contributed by atoms with Crippen LogP contribution in [-0.4, -0.2) is 59.0 Å². The van der Waals surface area contributed by atoms with Gasteiger partial charge in [0.1, 0.15) is 11.6 Å². The number of ether oxygens (including phenoxy) is 2. The summed E-state index contributed by atoms with van der Waals surface area (Å²) in [6.45, 7) is 5.16. The van der Waals surface area contributed by atoms with Crippen LogP contribution in [-0.2, 0) is 9.53 Å². The Labute approximate surface area is 172 Å². The van der Waals surface area contributed by atoms with Gasteiger partial charge in [0, 0.05) is 26.9 Å². The van der Waals surface area contributed by atoms with Gasteiger partial charge in [-0.25, -0.2) is 0 Å². The maximum absolute atomic E-state index is 12.5. The second-order valence-corrected chi connectivity index (χ2v) is 8.37. The largest absolute Gasteiger partial charge is 0.497 e. The Kier molecular flexibility index (Phi) is 10.8. The first kappa shape index (κ1) is 25.9. The molecular formula is C18H34N4O5S. The molecule has 1 heterocycles. The third-order valence-corrected chi connectivity index (χ3v) is 5.53. The number of nitrogens with zero attached hydrogens (tertiary/aromatic N) is 2. The lowest BCUT2D eigenvalue weighted by atomic mass is 10.2. The second kappa shape index (κ2) is 11.6. The van der Waals surface area contributed by atoms with Crippen molar-refractivity contribution in [3.8, 4) is 5.75 Å². The van der Waals surface area contributed by atoms with Crippen LogP contribution >= 0.6 is 11.8 Å². The topological polar surface area (TPSA) is 175 Å². The zero-order chi connectivity index (χ0) is 19.2. The summed E-state index contributed by atoms with van der Waals surface area (Å²) in [6.07, 6.45) is 1.86. The number of guanidine groups is 1. The highest BCUT2D eigenvalue weighted by Gasteiger charge is 2.32. The van der Waals surface area contributed by atoms with Crippen LogP contribution in [0.5, 0.6) is 5.75 Å². The molecule has 1 aromatic carbocycles. The molecule has 2 rings (SSSR count). The highest BCUT2D eigenvalue weighted by atomic mass is 32.2. The highest BCUT2D eigenvalue weighted by molar-refractivity contribution is 8.01. The van der Waals surface area contributed by atoms with E-state index in [9.17, 15) is 4.79 Å². The van der Waals surface area contributed by atoms with Crippen molar-refractivity contribution in [1.29, 1.82) is 0 Å². The number of aliphatic imine (C=N–C) groups is 2. The van der Waals surface area contributed by atoms with E-state index < -0.39 is 4.75 Å². The van der Waals surface area contributed by atoms with Crippen LogP contribution in [0.1, 0.15) is 35.1 Å². The summed E-state index contributed by atoms with van der Waals surface area (Å²) in [7, 11) is 1.57. The molecule has 0 bridgehead atoms. The number of benzene rings is 1. The van der Waals surface area contributed by atoms with Crippen LogP contribution in [0.3, 0.4) is 0 Å². The minimum atomic E-state index is -0.688. The van der Waals surface area contributed by atoms with E-state index in [1.165, 1.54) is 0 Å². The molecule has 162 valence electrons. The molecule has 0 atom stereocenters. The molecule has 1 fully saturated rings. The Balaban J connectivity index is -0.00000182. The van der Waals surface area contributed by atoms with Crippen LogP contribution in [0, 0.1) is 0 Å². The van der Waals surface area contributed by atoms with E-state index in [-0.39, 0.29) is 31.5 Å². The molecule has 1 aliphatic rings. The summed E-state index contributed by atoms with van der Waals surface area (Å²) >= 11 is 1.60. The average molecular weight is 419 g/mol. The van der Waals surface area contributed by atoms with Crippen LogP contribution in [0.4, 0.5) is 0 Å². The van der Waals surface area contributed by atoms with E-state index in [1.54, 1.807) is 43.1 Å². The number of amidine groups is 1. The Morgan fingerprint density at radius 3 is 2.50 bits per heavy atom. The molecule has 0 saturated carbocycles. The molecule has 10 heteroatoms. The molecule has 0 unspecified atom stereocenters. The molecule has 1 amide bonds. The lowest BCUT2D eigenvalue weighted by Crippen LogP contribution is -2.33. The first-order valence-corrected chi connectivity index (χ1v) is 9.32. The third kappa shape index (κ3) is 7.47. The van der Waals surface area contributed by atoms with Gasteiger partial charge in [0.2, 0.25) is 5.96 Å². The Bertz CT molecular complexity index is 714. The molecular weight excluding hydrogens is 384 g/mol. The van der Waals surface area contributed by atoms with Crippen molar-refractivity contribution in [1.82, 2.24) is 0 Å². The van der Waals surface area contributed by atoms with Gasteiger partial charge >= 0.3 is 0 Å². The number of hydrogen-bond acceptors (Lipinski definition) is 4. The lowest BCUT2D eigenvalue weighted by Gasteiger charge is -2.29. The Morgan fingerprint density at radius 1 is 1.25 bits per heavy atom. The van der Waals surface area contributed by atoms with Crippen LogP contribution < -0.4 is 16.2 Å². The summed E-state index contributed by atoms with van der Waals surface area (Å²) < 4.78 is 9.82. The Morgan fingerprint density at radius 2 is 1.89 bits per heavy atom.